The smallest absolute Gasteiger partial charge is 0.234 e. The fraction of sp³-hybridized carbons (Fsp3) is 0.0500. The Morgan fingerprint density at radius 3 is 2.69 bits per heavy atom. The van der Waals surface area contributed by atoms with Crippen molar-refractivity contribution in [3.05, 3.63) is 77.6 Å². The highest BCUT2D eigenvalue weighted by Crippen LogP contribution is 2.27. The number of nitrogens with one attached hydrogen (secondary N) is 1. The van der Waals surface area contributed by atoms with Gasteiger partial charge in [-0.05, 0) is 30.3 Å². The zero-order valence-corrected chi connectivity index (χ0v) is 16.3. The maximum atomic E-state index is 13.7. The largest absolute Gasteiger partial charge is 0.323 e. The van der Waals surface area contributed by atoms with Gasteiger partial charge in [-0.1, -0.05) is 35.5 Å². The van der Waals surface area contributed by atoms with Crippen LogP contribution in [0.3, 0.4) is 0 Å². The number of amides is 1. The maximum absolute atomic E-state index is 13.7. The molecule has 0 fully saturated rings. The van der Waals surface area contributed by atoms with Crippen molar-refractivity contribution in [3.8, 4) is 11.3 Å². The lowest BCUT2D eigenvalue weighted by Crippen LogP contribution is -2.15. The van der Waals surface area contributed by atoms with E-state index in [2.05, 4.69) is 15.4 Å². The molecule has 2 aromatic heterocycles. The predicted octanol–water partition coefficient (Wildman–Crippen LogP) is 5.06. The zero-order valence-electron chi connectivity index (χ0n) is 14.8. The standard InChI is InChI=1S/C20H13ClF2N4OS/c21-13-3-1-12(2-4-13)17-10-18-20(24-7-8-27(18)26-17)29-11-19(28)25-16-6-5-14(22)9-15(16)23/h1-10H,11H2,(H,25,28). The number of anilines is 1. The molecule has 1 amide bonds. The van der Waals surface area contributed by atoms with Crippen LogP contribution in [0.15, 0.2) is 66.0 Å². The summed E-state index contributed by atoms with van der Waals surface area (Å²) >= 11 is 7.13. The Hall–Kier alpha value is -2.97. The van der Waals surface area contributed by atoms with Gasteiger partial charge < -0.3 is 5.32 Å². The first-order chi connectivity index (χ1) is 14.0. The van der Waals surface area contributed by atoms with Crippen LogP contribution in [0.2, 0.25) is 5.02 Å². The molecule has 146 valence electrons. The number of hydrogen-bond acceptors (Lipinski definition) is 4. The quantitative estimate of drug-likeness (QED) is 0.450. The fourth-order valence-corrected chi connectivity index (χ4v) is 3.58. The fourth-order valence-electron chi connectivity index (χ4n) is 2.68. The number of halogens is 3. The Balaban J connectivity index is 1.50. The summed E-state index contributed by atoms with van der Waals surface area (Å²) in [6.07, 6.45) is 3.30. The molecule has 0 bridgehead atoms. The molecule has 0 aliphatic heterocycles. The van der Waals surface area contributed by atoms with Crippen molar-refractivity contribution in [2.24, 2.45) is 0 Å². The minimum Gasteiger partial charge on any atom is -0.323 e. The first-order valence-electron chi connectivity index (χ1n) is 8.47. The monoisotopic (exact) mass is 430 g/mol. The second-order valence-electron chi connectivity index (χ2n) is 6.06. The molecule has 0 unspecified atom stereocenters. The number of benzene rings is 2. The van der Waals surface area contributed by atoms with Crippen LogP contribution < -0.4 is 5.32 Å². The highest BCUT2D eigenvalue weighted by Gasteiger charge is 2.13. The number of nitrogens with zero attached hydrogens (tertiary/aromatic N) is 3. The number of fused-ring (bicyclic) bond motifs is 1. The van der Waals surface area contributed by atoms with Gasteiger partial charge >= 0.3 is 0 Å². The first kappa shape index (κ1) is 19.4. The molecule has 2 heterocycles. The van der Waals surface area contributed by atoms with Gasteiger partial charge in [-0.25, -0.2) is 18.3 Å². The van der Waals surface area contributed by atoms with Crippen LogP contribution >= 0.6 is 23.4 Å². The van der Waals surface area contributed by atoms with Crippen molar-refractivity contribution in [1.29, 1.82) is 0 Å². The number of carbonyl (C=O) groups excluding carboxylic acids is 1. The average Bonchev–Trinajstić information content (AvgIpc) is 3.14. The van der Waals surface area contributed by atoms with Gasteiger partial charge in [0, 0.05) is 29.0 Å². The molecule has 1 N–H and O–H groups in total. The van der Waals surface area contributed by atoms with Gasteiger partial charge in [0.1, 0.15) is 16.7 Å². The summed E-state index contributed by atoms with van der Waals surface area (Å²) in [5.74, 6) is -1.96. The van der Waals surface area contributed by atoms with Gasteiger partial charge in [-0.2, -0.15) is 5.10 Å². The van der Waals surface area contributed by atoms with Gasteiger partial charge in [0.05, 0.1) is 22.7 Å². The Labute approximate surface area is 173 Å². The Bertz CT molecular complexity index is 1200. The molecule has 0 aliphatic rings. The van der Waals surface area contributed by atoms with E-state index in [1.54, 1.807) is 29.0 Å². The minimum atomic E-state index is -0.827. The van der Waals surface area contributed by atoms with E-state index in [-0.39, 0.29) is 11.4 Å². The van der Waals surface area contributed by atoms with Gasteiger partial charge in [0.2, 0.25) is 5.91 Å². The molecule has 0 saturated heterocycles. The maximum Gasteiger partial charge on any atom is 0.234 e. The molecule has 0 radical (unpaired) electrons. The third kappa shape index (κ3) is 4.38. The summed E-state index contributed by atoms with van der Waals surface area (Å²) in [6.45, 7) is 0. The van der Waals surface area contributed by atoms with E-state index >= 15 is 0 Å². The van der Waals surface area contributed by atoms with E-state index in [1.165, 1.54) is 17.8 Å². The van der Waals surface area contributed by atoms with Crippen molar-refractivity contribution in [2.75, 3.05) is 11.1 Å². The zero-order chi connectivity index (χ0) is 20.4. The van der Waals surface area contributed by atoms with Crippen LogP contribution in [0.4, 0.5) is 14.5 Å². The molecule has 0 aliphatic carbocycles. The van der Waals surface area contributed by atoms with E-state index in [0.29, 0.717) is 10.0 Å². The van der Waals surface area contributed by atoms with Gasteiger partial charge in [0.15, 0.2) is 0 Å². The Morgan fingerprint density at radius 2 is 1.93 bits per heavy atom. The Kier molecular flexibility index (Phi) is 5.46. The van der Waals surface area contributed by atoms with E-state index in [4.69, 9.17) is 11.6 Å². The number of hydrogen-bond donors (Lipinski definition) is 1. The molecule has 0 saturated carbocycles. The summed E-state index contributed by atoms with van der Waals surface area (Å²) in [6, 6.07) is 12.2. The van der Waals surface area contributed by atoms with E-state index in [9.17, 15) is 13.6 Å². The predicted molar refractivity (Wildman–Crippen MR) is 109 cm³/mol. The Morgan fingerprint density at radius 1 is 1.14 bits per heavy atom. The lowest BCUT2D eigenvalue weighted by atomic mass is 10.1. The lowest BCUT2D eigenvalue weighted by molar-refractivity contribution is -0.113. The first-order valence-corrected chi connectivity index (χ1v) is 9.84. The van der Waals surface area contributed by atoms with Crippen LogP contribution in [0.5, 0.6) is 0 Å². The summed E-state index contributed by atoms with van der Waals surface area (Å²) < 4.78 is 28.3. The van der Waals surface area contributed by atoms with E-state index < -0.39 is 17.5 Å². The van der Waals surface area contributed by atoms with Crippen LogP contribution in [-0.2, 0) is 4.79 Å². The van der Waals surface area contributed by atoms with Crippen molar-refractivity contribution in [3.63, 3.8) is 0 Å². The topological polar surface area (TPSA) is 59.3 Å². The van der Waals surface area contributed by atoms with Crippen LogP contribution in [0.25, 0.3) is 16.8 Å². The average molecular weight is 431 g/mol. The number of aromatic nitrogens is 3. The summed E-state index contributed by atoms with van der Waals surface area (Å²) in [7, 11) is 0. The molecule has 29 heavy (non-hydrogen) atoms. The lowest BCUT2D eigenvalue weighted by Gasteiger charge is -2.06. The van der Waals surface area contributed by atoms with Crippen LogP contribution in [0.1, 0.15) is 0 Å². The third-order valence-electron chi connectivity index (χ3n) is 4.04. The second kappa shape index (κ2) is 8.18. The second-order valence-corrected chi connectivity index (χ2v) is 7.46. The molecule has 0 spiro atoms. The van der Waals surface area contributed by atoms with Crippen LogP contribution in [-0.4, -0.2) is 26.3 Å². The molecule has 4 aromatic rings. The minimum absolute atomic E-state index is 0.00491. The molecule has 5 nitrogen and oxygen atoms in total. The van der Waals surface area contributed by atoms with Crippen molar-refractivity contribution in [1.82, 2.24) is 14.6 Å². The summed E-state index contributed by atoms with van der Waals surface area (Å²) in [5, 5.41) is 8.19. The SMILES string of the molecule is O=C(CSc1nccn2nc(-c3ccc(Cl)cc3)cc12)Nc1ccc(F)cc1F. The van der Waals surface area contributed by atoms with Crippen molar-refractivity contribution in [2.45, 2.75) is 5.03 Å². The van der Waals surface area contributed by atoms with E-state index in [0.717, 1.165) is 28.9 Å². The number of rotatable bonds is 5. The highest BCUT2D eigenvalue weighted by molar-refractivity contribution is 8.00. The molecule has 4 rings (SSSR count). The van der Waals surface area contributed by atoms with Gasteiger partial charge in [-0.15, -0.1) is 0 Å². The van der Waals surface area contributed by atoms with Gasteiger partial charge in [0.25, 0.3) is 0 Å². The van der Waals surface area contributed by atoms with Crippen LogP contribution in [0, 0.1) is 11.6 Å². The highest BCUT2D eigenvalue weighted by atomic mass is 35.5. The van der Waals surface area contributed by atoms with Crippen molar-refractivity contribution < 1.29 is 13.6 Å². The number of thioether (sulfide) groups is 1. The summed E-state index contributed by atoms with van der Waals surface area (Å²) in [4.78, 5) is 16.5. The van der Waals surface area contributed by atoms with Gasteiger partial charge in [-0.3, -0.25) is 4.79 Å². The van der Waals surface area contributed by atoms with Crippen molar-refractivity contribution >= 4 is 40.5 Å². The molecule has 0 atom stereocenters. The number of carbonyl (C=O) groups is 1. The molecular weight excluding hydrogens is 418 g/mol. The molecule has 9 heteroatoms. The molecule has 2 aromatic carbocycles. The molecular formula is C20H13ClF2N4OS. The summed E-state index contributed by atoms with van der Waals surface area (Å²) in [5.41, 5.74) is 2.31. The van der Waals surface area contributed by atoms with E-state index in [1.807, 2.05) is 18.2 Å². The third-order valence-corrected chi connectivity index (χ3v) is 5.29. The normalized spacial score (nSPS) is 11.0.